The number of amides is 1. The van der Waals surface area contributed by atoms with Gasteiger partial charge in [-0.3, -0.25) is 4.79 Å². The number of carbonyl (C=O) groups is 2. The number of carbonyl (C=O) groups excluding carboxylic acids is 1. The summed E-state index contributed by atoms with van der Waals surface area (Å²) in [5.41, 5.74) is 0.933. The fraction of sp³-hybridized carbons (Fsp3) is 0.467. The van der Waals surface area contributed by atoms with Crippen LogP contribution in [0.5, 0.6) is 0 Å². The topological polar surface area (TPSA) is 66.4 Å². The van der Waals surface area contributed by atoms with Crippen LogP contribution in [0.25, 0.3) is 0 Å². The summed E-state index contributed by atoms with van der Waals surface area (Å²) >= 11 is 0. The molecule has 4 heteroatoms. The van der Waals surface area contributed by atoms with Crippen molar-refractivity contribution in [2.45, 2.75) is 38.1 Å². The average molecular weight is 261 g/mol. The highest BCUT2D eigenvalue weighted by Gasteiger charge is 2.38. The summed E-state index contributed by atoms with van der Waals surface area (Å²) in [6, 6.07) is 8.76. The molecule has 2 N–H and O–H groups in total. The zero-order chi connectivity index (χ0) is 13.8. The second kappa shape index (κ2) is 5.87. The molecule has 0 heterocycles. The van der Waals surface area contributed by atoms with Gasteiger partial charge in [0.2, 0.25) is 5.91 Å². The summed E-state index contributed by atoms with van der Waals surface area (Å²) in [6.45, 7) is 1.93. The third-order valence-electron chi connectivity index (χ3n) is 3.58. The molecule has 1 aromatic carbocycles. The summed E-state index contributed by atoms with van der Waals surface area (Å²) in [4.78, 5) is 23.4. The van der Waals surface area contributed by atoms with Gasteiger partial charge in [0, 0.05) is 0 Å². The van der Waals surface area contributed by atoms with E-state index in [4.69, 9.17) is 5.11 Å². The zero-order valence-corrected chi connectivity index (χ0v) is 11.0. The number of hydrogen-bond acceptors (Lipinski definition) is 2. The van der Waals surface area contributed by atoms with Gasteiger partial charge >= 0.3 is 5.97 Å². The van der Waals surface area contributed by atoms with Crippen LogP contribution in [0.1, 0.15) is 37.7 Å². The van der Waals surface area contributed by atoms with Crippen molar-refractivity contribution in [2.24, 2.45) is 5.92 Å². The summed E-state index contributed by atoms with van der Waals surface area (Å²) in [6.07, 6.45) is 2.44. The van der Waals surface area contributed by atoms with Crippen molar-refractivity contribution in [3.63, 3.8) is 0 Å². The molecule has 0 saturated heterocycles. The molecule has 4 nitrogen and oxygen atoms in total. The second-order valence-electron chi connectivity index (χ2n) is 5.03. The first kappa shape index (κ1) is 13.6. The lowest BCUT2D eigenvalue weighted by atomic mass is 9.95. The quantitative estimate of drug-likeness (QED) is 0.824. The lowest BCUT2D eigenvalue weighted by Gasteiger charge is -2.19. The second-order valence-corrected chi connectivity index (χ2v) is 5.03. The van der Waals surface area contributed by atoms with Crippen molar-refractivity contribution in [1.29, 1.82) is 0 Å². The fourth-order valence-corrected chi connectivity index (χ4v) is 2.32. The SMILES string of the molecule is CCC(C(=O)NC(C(=O)O)C1CC1)c1ccccc1. The Balaban J connectivity index is 2.06. The van der Waals surface area contributed by atoms with Crippen LogP contribution in [0.2, 0.25) is 0 Å². The molecule has 1 aliphatic carbocycles. The number of carboxylic acids is 1. The Labute approximate surface area is 112 Å². The van der Waals surface area contributed by atoms with Gasteiger partial charge in [0.1, 0.15) is 6.04 Å². The van der Waals surface area contributed by atoms with Gasteiger partial charge in [-0.1, -0.05) is 37.3 Å². The van der Waals surface area contributed by atoms with Gasteiger partial charge in [0.15, 0.2) is 0 Å². The molecule has 102 valence electrons. The van der Waals surface area contributed by atoms with Crippen molar-refractivity contribution in [1.82, 2.24) is 5.32 Å². The molecule has 1 aliphatic rings. The molecular weight excluding hydrogens is 242 g/mol. The molecule has 2 rings (SSSR count). The number of carboxylic acid groups (broad SMARTS) is 1. The Morgan fingerprint density at radius 3 is 2.42 bits per heavy atom. The summed E-state index contributed by atoms with van der Waals surface area (Å²) in [7, 11) is 0. The van der Waals surface area contributed by atoms with E-state index in [9.17, 15) is 9.59 Å². The summed E-state index contributed by atoms with van der Waals surface area (Å²) in [5.74, 6) is -1.29. The Morgan fingerprint density at radius 1 is 1.32 bits per heavy atom. The smallest absolute Gasteiger partial charge is 0.326 e. The molecule has 0 bridgehead atoms. The molecule has 0 spiro atoms. The maximum absolute atomic E-state index is 12.2. The number of nitrogens with one attached hydrogen (secondary N) is 1. The van der Waals surface area contributed by atoms with Gasteiger partial charge in [0.05, 0.1) is 5.92 Å². The van der Waals surface area contributed by atoms with E-state index in [1.165, 1.54) is 0 Å². The Bertz CT molecular complexity index is 454. The van der Waals surface area contributed by atoms with Gasteiger partial charge in [-0.2, -0.15) is 0 Å². The molecule has 2 atom stereocenters. The Kier molecular flexibility index (Phi) is 4.20. The van der Waals surface area contributed by atoms with E-state index < -0.39 is 12.0 Å². The third kappa shape index (κ3) is 3.34. The maximum Gasteiger partial charge on any atom is 0.326 e. The van der Waals surface area contributed by atoms with Gasteiger partial charge in [-0.25, -0.2) is 4.79 Å². The lowest BCUT2D eigenvalue weighted by molar-refractivity contribution is -0.142. The number of aliphatic carboxylic acids is 1. The van der Waals surface area contributed by atoms with Crippen LogP contribution in [0, 0.1) is 5.92 Å². The van der Waals surface area contributed by atoms with Crippen molar-refractivity contribution in [3.05, 3.63) is 35.9 Å². The van der Waals surface area contributed by atoms with Crippen LogP contribution in [0.15, 0.2) is 30.3 Å². The fourth-order valence-electron chi connectivity index (χ4n) is 2.32. The first-order chi connectivity index (χ1) is 9.13. The average Bonchev–Trinajstić information content (AvgIpc) is 3.22. The van der Waals surface area contributed by atoms with E-state index in [0.717, 1.165) is 18.4 Å². The first-order valence-electron chi connectivity index (χ1n) is 6.71. The molecule has 0 radical (unpaired) electrons. The molecule has 0 aliphatic heterocycles. The van der Waals surface area contributed by atoms with Gasteiger partial charge in [-0.05, 0) is 30.7 Å². The Morgan fingerprint density at radius 2 is 1.95 bits per heavy atom. The van der Waals surface area contributed by atoms with Gasteiger partial charge in [0.25, 0.3) is 0 Å². The molecule has 2 unspecified atom stereocenters. The minimum absolute atomic E-state index is 0.106. The number of hydrogen-bond donors (Lipinski definition) is 2. The van der Waals surface area contributed by atoms with E-state index in [0.29, 0.717) is 6.42 Å². The minimum Gasteiger partial charge on any atom is -0.480 e. The molecule has 1 amide bonds. The molecule has 0 aromatic heterocycles. The lowest BCUT2D eigenvalue weighted by Crippen LogP contribution is -2.44. The van der Waals surface area contributed by atoms with Gasteiger partial charge in [-0.15, -0.1) is 0 Å². The largest absolute Gasteiger partial charge is 0.480 e. The standard InChI is InChI=1S/C15H19NO3/c1-2-12(10-6-4-3-5-7-10)14(17)16-13(15(18)19)11-8-9-11/h3-7,11-13H,2,8-9H2,1H3,(H,16,17)(H,18,19). The number of benzene rings is 1. The van der Waals surface area contributed by atoms with E-state index in [1.807, 2.05) is 37.3 Å². The summed E-state index contributed by atoms with van der Waals surface area (Å²) in [5, 5.41) is 11.8. The predicted molar refractivity (Wildman–Crippen MR) is 71.8 cm³/mol. The zero-order valence-electron chi connectivity index (χ0n) is 11.0. The molecule has 1 aromatic rings. The molecular formula is C15H19NO3. The van der Waals surface area contributed by atoms with Crippen molar-refractivity contribution >= 4 is 11.9 Å². The molecule has 1 saturated carbocycles. The summed E-state index contributed by atoms with van der Waals surface area (Å²) < 4.78 is 0. The monoisotopic (exact) mass is 261 g/mol. The highest BCUT2D eigenvalue weighted by Crippen LogP contribution is 2.33. The first-order valence-corrected chi connectivity index (χ1v) is 6.71. The Hall–Kier alpha value is -1.84. The van der Waals surface area contributed by atoms with E-state index in [2.05, 4.69) is 5.32 Å². The number of rotatable bonds is 6. The van der Waals surface area contributed by atoms with Gasteiger partial charge < -0.3 is 10.4 Å². The van der Waals surface area contributed by atoms with Crippen molar-refractivity contribution in [2.75, 3.05) is 0 Å². The van der Waals surface area contributed by atoms with E-state index in [-0.39, 0.29) is 17.7 Å². The van der Waals surface area contributed by atoms with Crippen molar-refractivity contribution < 1.29 is 14.7 Å². The van der Waals surface area contributed by atoms with E-state index >= 15 is 0 Å². The van der Waals surface area contributed by atoms with Crippen LogP contribution in [0.4, 0.5) is 0 Å². The minimum atomic E-state index is -0.932. The van der Waals surface area contributed by atoms with Crippen LogP contribution in [-0.4, -0.2) is 23.0 Å². The third-order valence-corrected chi connectivity index (χ3v) is 3.58. The highest BCUT2D eigenvalue weighted by molar-refractivity contribution is 5.88. The van der Waals surface area contributed by atoms with Crippen LogP contribution in [0.3, 0.4) is 0 Å². The normalized spacial score (nSPS) is 17.5. The van der Waals surface area contributed by atoms with Crippen LogP contribution >= 0.6 is 0 Å². The molecule has 1 fully saturated rings. The predicted octanol–water partition coefficient (Wildman–Crippen LogP) is 2.16. The van der Waals surface area contributed by atoms with Crippen LogP contribution in [-0.2, 0) is 9.59 Å². The van der Waals surface area contributed by atoms with E-state index in [1.54, 1.807) is 0 Å². The molecule has 19 heavy (non-hydrogen) atoms. The van der Waals surface area contributed by atoms with Crippen molar-refractivity contribution in [3.8, 4) is 0 Å². The van der Waals surface area contributed by atoms with Crippen LogP contribution < -0.4 is 5.32 Å². The highest BCUT2D eigenvalue weighted by atomic mass is 16.4. The maximum atomic E-state index is 12.2.